The summed E-state index contributed by atoms with van der Waals surface area (Å²) in [6.45, 7) is 6.56. The standard InChI is InChI=1S/C19H24N2O4S2/c1-4-25-13-5-6-14-15(10-13)26-17(20-14)21-27(23,24)11-19-8-7-12(9-16(19)22)18(19,2)3/h5-6,10,12H,4,7-9,11H2,1-3H3,(H,20,21)/t12-,19-/m1/s1. The van der Waals surface area contributed by atoms with E-state index in [1.165, 1.54) is 11.3 Å². The van der Waals surface area contributed by atoms with Gasteiger partial charge in [-0.1, -0.05) is 25.2 Å². The van der Waals surface area contributed by atoms with Gasteiger partial charge in [0, 0.05) is 6.42 Å². The second-order valence-electron chi connectivity index (χ2n) is 8.11. The molecule has 2 bridgehead atoms. The molecular formula is C19H24N2O4S2. The van der Waals surface area contributed by atoms with E-state index in [9.17, 15) is 13.2 Å². The lowest BCUT2D eigenvalue weighted by molar-refractivity contribution is -0.128. The maximum Gasteiger partial charge on any atom is 0.235 e. The summed E-state index contributed by atoms with van der Waals surface area (Å²) in [5.41, 5.74) is -0.335. The van der Waals surface area contributed by atoms with E-state index in [-0.39, 0.29) is 17.0 Å². The Morgan fingerprint density at radius 1 is 1.37 bits per heavy atom. The number of benzene rings is 1. The van der Waals surface area contributed by atoms with E-state index < -0.39 is 15.4 Å². The molecule has 2 aliphatic carbocycles. The molecule has 1 N–H and O–H groups in total. The summed E-state index contributed by atoms with van der Waals surface area (Å²) in [6.07, 6.45) is 2.08. The molecule has 0 radical (unpaired) electrons. The number of ether oxygens (including phenoxy) is 1. The lowest BCUT2D eigenvalue weighted by Crippen LogP contribution is -2.43. The zero-order valence-electron chi connectivity index (χ0n) is 15.7. The van der Waals surface area contributed by atoms with Crippen LogP contribution in [-0.2, 0) is 14.8 Å². The number of hydrogen-bond donors (Lipinski definition) is 1. The second kappa shape index (κ2) is 6.17. The maximum absolute atomic E-state index is 12.9. The van der Waals surface area contributed by atoms with Crippen LogP contribution in [0.4, 0.5) is 5.13 Å². The predicted molar refractivity (Wildman–Crippen MR) is 107 cm³/mol. The molecule has 2 aliphatic rings. The molecule has 2 aromatic rings. The minimum absolute atomic E-state index is 0.0970. The highest BCUT2D eigenvalue weighted by atomic mass is 32.2. The van der Waals surface area contributed by atoms with Crippen LogP contribution in [0.3, 0.4) is 0 Å². The third-order valence-electron chi connectivity index (χ3n) is 6.49. The topological polar surface area (TPSA) is 85.4 Å². The third kappa shape index (κ3) is 2.93. The van der Waals surface area contributed by atoms with E-state index in [1.807, 2.05) is 39.0 Å². The number of fused-ring (bicyclic) bond motifs is 3. The molecule has 1 aromatic heterocycles. The highest BCUT2D eigenvalue weighted by Gasteiger charge is 2.65. The Labute approximate surface area is 163 Å². The fraction of sp³-hybridized carbons (Fsp3) is 0.579. The molecule has 2 saturated carbocycles. The van der Waals surface area contributed by atoms with Gasteiger partial charge in [-0.3, -0.25) is 9.52 Å². The van der Waals surface area contributed by atoms with Crippen molar-refractivity contribution in [2.45, 2.75) is 40.0 Å². The van der Waals surface area contributed by atoms with Crippen LogP contribution in [0.2, 0.25) is 0 Å². The molecule has 1 aromatic carbocycles. The zero-order valence-corrected chi connectivity index (χ0v) is 17.4. The smallest absolute Gasteiger partial charge is 0.235 e. The molecule has 0 saturated heterocycles. The van der Waals surface area contributed by atoms with E-state index in [0.29, 0.717) is 30.5 Å². The number of nitrogens with one attached hydrogen (secondary N) is 1. The number of sulfonamides is 1. The van der Waals surface area contributed by atoms with E-state index in [4.69, 9.17) is 4.74 Å². The third-order valence-corrected chi connectivity index (χ3v) is 8.93. The van der Waals surface area contributed by atoms with Crippen LogP contribution in [0.1, 0.15) is 40.0 Å². The number of aromatic nitrogens is 1. The van der Waals surface area contributed by atoms with Crippen LogP contribution < -0.4 is 9.46 Å². The summed E-state index contributed by atoms with van der Waals surface area (Å²) in [5, 5.41) is 0.327. The summed E-state index contributed by atoms with van der Waals surface area (Å²) in [4.78, 5) is 17.0. The Kier molecular flexibility index (Phi) is 4.27. The summed E-state index contributed by atoms with van der Waals surface area (Å²) in [6, 6.07) is 5.50. The van der Waals surface area contributed by atoms with Crippen LogP contribution >= 0.6 is 11.3 Å². The average molecular weight is 409 g/mol. The van der Waals surface area contributed by atoms with Crippen LogP contribution in [0.15, 0.2) is 18.2 Å². The molecule has 2 atom stereocenters. The molecule has 6 nitrogen and oxygen atoms in total. The van der Waals surface area contributed by atoms with Crippen LogP contribution in [0.5, 0.6) is 5.75 Å². The van der Waals surface area contributed by atoms with Gasteiger partial charge < -0.3 is 4.74 Å². The average Bonchev–Trinajstić information content (AvgIpc) is 3.12. The summed E-state index contributed by atoms with van der Waals surface area (Å²) < 4.78 is 34.7. The molecule has 1 heterocycles. The minimum atomic E-state index is -3.69. The Morgan fingerprint density at radius 3 is 2.78 bits per heavy atom. The van der Waals surface area contributed by atoms with Gasteiger partial charge in [0.15, 0.2) is 5.13 Å². The van der Waals surface area contributed by atoms with Crippen molar-refractivity contribution in [2.24, 2.45) is 16.7 Å². The number of hydrogen-bond acceptors (Lipinski definition) is 6. The molecule has 146 valence electrons. The molecule has 0 aliphatic heterocycles. The van der Waals surface area contributed by atoms with Gasteiger partial charge in [0.05, 0.1) is 28.0 Å². The van der Waals surface area contributed by atoms with Gasteiger partial charge in [-0.2, -0.15) is 0 Å². The zero-order chi connectivity index (χ0) is 19.4. The van der Waals surface area contributed by atoms with E-state index in [1.54, 1.807) is 0 Å². The highest BCUT2D eigenvalue weighted by molar-refractivity contribution is 7.93. The summed E-state index contributed by atoms with van der Waals surface area (Å²) in [7, 11) is -3.69. The molecule has 4 rings (SSSR count). The van der Waals surface area contributed by atoms with Gasteiger partial charge >= 0.3 is 0 Å². The van der Waals surface area contributed by atoms with Crippen molar-refractivity contribution in [1.29, 1.82) is 0 Å². The van der Waals surface area contributed by atoms with Gasteiger partial charge in [-0.15, -0.1) is 0 Å². The molecule has 8 heteroatoms. The number of thiazole rings is 1. The fourth-order valence-corrected chi connectivity index (χ4v) is 7.81. The summed E-state index contributed by atoms with van der Waals surface area (Å²) >= 11 is 1.27. The number of carbonyl (C=O) groups excluding carboxylic acids is 1. The van der Waals surface area contributed by atoms with Crippen molar-refractivity contribution in [3.05, 3.63) is 18.2 Å². The van der Waals surface area contributed by atoms with Gasteiger partial charge in [0.25, 0.3) is 0 Å². The van der Waals surface area contributed by atoms with E-state index in [0.717, 1.165) is 22.4 Å². The minimum Gasteiger partial charge on any atom is -0.494 e. The van der Waals surface area contributed by atoms with E-state index in [2.05, 4.69) is 9.71 Å². The summed E-state index contributed by atoms with van der Waals surface area (Å²) in [5.74, 6) is 0.958. The maximum atomic E-state index is 12.9. The van der Waals surface area contributed by atoms with Crippen molar-refractivity contribution in [3.63, 3.8) is 0 Å². The first-order valence-corrected chi connectivity index (χ1v) is 11.7. The lowest BCUT2D eigenvalue weighted by Gasteiger charge is -2.35. The Hall–Kier alpha value is -1.67. The lowest BCUT2D eigenvalue weighted by atomic mass is 9.70. The number of rotatable bonds is 6. The van der Waals surface area contributed by atoms with Gasteiger partial charge in [-0.25, -0.2) is 13.4 Å². The number of nitrogens with zero attached hydrogens (tertiary/aromatic N) is 1. The van der Waals surface area contributed by atoms with Gasteiger partial charge in [0.1, 0.15) is 11.5 Å². The van der Waals surface area contributed by atoms with E-state index >= 15 is 0 Å². The van der Waals surface area contributed by atoms with Crippen LogP contribution in [0.25, 0.3) is 10.2 Å². The molecular weight excluding hydrogens is 384 g/mol. The quantitative estimate of drug-likeness (QED) is 0.785. The largest absolute Gasteiger partial charge is 0.494 e. The number of anilines is 1. The number of ketones is 1. The Bertz CT molecular complexity index is 1010. The molecule has 27 heavy (non-hydrogen) atoms. The van der Waals surface area contributed by atoms with Crippen molar-refractivity contribution in [3.8, 4) is 5.75 Å². The molecule has 0 unspecified atom stereocenters. The highest BCUT2D eigenvalue weighted by Crippen LogP contribution is 2.64. The predicted octanol–water partition coefficient (Wildman–Crippen LogP) is 3.83. The SMILES string of the molecule is CCOc1ccc2nc(NS(=O)(=O)C[C@]34CC[C@H](CC3=O)C4(C)C)sc2c1. The van der Waals surface area contributed by atoms with Crippen molar-refractivity contribution in [1.82, 2.24) is 4.98 Å². The molecule has 0 spiro atoms. The molecule has 2 fully saturated rings. The number of carbonyl (C=O) groups is 1. The monoisotopic (exact) mass is 408 g/mol. The first-order valence-electron chi connectivity index (χ1n) is 9.24. The number of Topliss-reactive ketones (excluding diaryl/α,β-unsaturated/α-hetero) is 1. The van der Waals surface area contributed by atoms with Crippen LogP contribution in [0, 0.1) is 16.7 Å². The Morgan fingerprint density at radius 2 is 2.15 bits per heavy atom. The van der Waals surface area contributed by atoms with Gasteiger partial charge in [0.2, 0.25) is 10.0 Å². The normalized spacial score (nSPS) is 26.6. The van der Waals surface area contributed by atoms with Crippen molar-refractivity contribution in [2.75, 3.05) is 17.1 Å². The van der Waals surface area contributed by atoms with Crippen LogP contribution in [-0.4, -0.2) is 31.5 Å². The molecule has 0 amide bonds. The van der Waals surface area contributed by atoms with Crippen molar-refractivity contribution >= 4 is 42.5 Å². The van der Waals surface area contributed by atoms with Crippen molar-refractivity contribution < 1.29 is 17.9 Å². The first kappa shape index (κ1) is 18.7. The van der Waals surface area contributed by atoms with Gasteiger partial charge in [-0.05, 0) is 49.3 Å². The first-order chi connectivity index (χ1) is 12.7. The fourth-order valence-electron chi connectivity index (χ4n) is 4.81. The Balaban J connectivity index is 1.58. The second-order valence-corrected chi connectivity index (χ2v) is 10.9.